The number of thiazole rings is 1. The zero-order chi connectivity index (χ0) is 13.0. The number of hydrogen-bond acceptors (Lipinski definition) is 4. The number of aromatic nitrogens is 1. The van der Waals surface area contributed by atoms with Crippen LogP contribution in [0, 0.1) is 5.92 Å². The summed E-state index contributed by atoms with van der Waals surface area (Å²) < 4.78 is 0. The van der Waals surface area contributed by atoms with E-state index in [2.05, 4.69) is 10.3 Å². The average Bonchev–Trinajstić information content (AvgIpc) is 2.77. The molecule has 1 amide bonds. The van der Waals surface area contributed by atoms with Crippen LogP contribution in [0.15, 0.2) is 10.9 Å². The quantitative estimate of drug-likeness (QED) is 0.821. The number of hydrogen-bond donors (Lipinski definition) is 2. The van der Waals surface area contributed by atoms with E-state index in [4.69, 9.17) is 0 Å². The van der Waals surface area contributed by atoms with Gasteiger partial charge < -0.3 is 10.4 Å². The highest BCUT2D eigenvalue weighted by Gasteiger charge is 2.30. The molecule has 2 rings (SSSR count). The van der Waals surface area contributed by atoms with Crippen LogP contribution >= 0.6 is 11.3 Å². The van der Waals surface area contributed by atoms with Crippen molar-refractivity contribution in [3.63, 3.8) is 0 Å². The Bertz CT molecular complexity index is 419. The number of carboxylic acids is 1. The van der Waals surface area contributed by atoms with Crippen molar-refractivity contribution in [1.29, 1.82) is 0 Å². The fraction of sp³-hybridized carbons (Fsp3) is 0.583. The van der Waals surface area contributed by atoms with Crippen molar-refractivity contribution in [1.82, 2.24) is 10.3 Å². The fourth-order valence-electron chi connectivity index (χ4n) is 2.34. The lowest BCUT2D eigenvalue weighted by Crippen LogP contribution is -2.42. The zero-order valence-electron chi connectivity index (χ0n) is 9.96. The van der Waals surface area contributed by atoms with E-state index >= 15 is 0 Å². The normalized spacial score (nSPS) is 24.2. The topological polar surface area (TPSA) is 79.3 Å². The van der Waals surface area contributed by atoms with Gasteiger partial charge in [-0.2, -0.15) is 0 Å². The lowest BCUT2D eigenvalue weighted by molar-refractivity contribution is -0.142. The molecule has 0 bridgehead atoms. The molecule has 18 heavy (non-hydrogen) atoms. The van der Waals surface area contributed by atoms with E-state index in [-0.39, 0.29) is 11.9 Å². The minimum Gasteiger partial charge on any atom is -0.481 e. The molecule has 0 aliphatic heterocycles. The highest BCUT2D eigenvalue weighted by molar-refractivity contribution is 7.07. The van der Waals surface area contributed by atoms with Crippen molar-refractivity contribution in [3.8, 4) is 0 Å². The van der Waals surface area contributed by atoms with Crippen molar-refractivity contribution < 1.29 is 14.7 Å². The van der Waals surface area contributed by atoms with E-state index in [1.807, 2.05) is 0 Å². The van der Waals surface area contributed by atoms with E-state index in [9.17, 15) is 14.7 Å². The number of carboxylic acid groups (broad SMARTS) is 1. The summed E-state index contributed by atoms with van der Waals surface area (Å²) in [6.07, 6.45) is 4.28. The molecule has 1 aliphatic rings. The summed E-state index contributed by atoms with van der Waals surface area (Å²) >= 11 is 1.35. The van der Waals surface area contributed by atoms with Crippen molar-refractivity contribution in [2.45, 2.75) is 38.1 Å². The van der Waals surface area contributed by atoms with Crippen LogP contribution in [-0.4, -0.2) is 28.0 Å². The minimum atomic E-state index is -0.819. The van der Waals surface area contributed by atoms with Crippen molar-refractivity contribution in [3.05, 3.63) is 16.6 Å². The van der Waals surface area contributed by atoms with Crippen LogP contribution in [0.1, 0.15) is 42.6 Å². The van der Waals surface area contributed by atoms with Gasteiger partial charge >= 0.3 is 5.97 Å². The fourth-order valence-corrected chi connectivity index (χ4v) is 2.88. The smallest absolute Gasteiger partial charge is 0.308 e. The number of carbonyl (C=O) groups excluding carboxylic acids is 1. The number of rotatable bonds is 3. The van der Waals surface area contributed by atoms with Gasteiger partial charge in [0.2, 0.25) is 0 Å². The highest BCUT2D eigenvalue weighted by Crippen LogP contribution is 2.24. The van der Waals surface area contributed by atoms with E-state index in [1.165, 1.54) is 11.3 Å². The molecular weight excluding hydrogens is 252 g/mol. The van der Waals surface area contributed by atoms with Crippen molar-refractivity contribution in [2.24, 2.45) is 5.92 Å². The van der Waals surface area contributed by atoms with E-state index in [1.54, 1.807) is 10.9 Å². The molecule has 0 unspecified atom stereocenters. The van der Waals surface area contributed by atoms with Crippen molar-refractivity contribution >= 4 is 23.2 Å². The van der Waals surface area contributed by atoms with Gasteiger partial charge in [-0.3, -0.25) is 9.59 Å². The zero-order valence-corrected chi connectivity index (χ0v) is 10.8. The Kier molecular flexibility index (Phi) is 4.30. The Morgan fingerprint density at radius 2 is 2.11 bits per heavy atom. The Morgan fingerprint density at radius 1 is 1.33 bits per heavy atom. The van der Waals surface area contributed by atoms with Crippen LogP contribution < -0.4 is 5.32 Å². The summed E-state index contributed by atoms with van der Waals surface area (Å²) in [5.41, 5.74) is 1.96. The van der Waals surface area contributed by atoms with Gasteiger partial charge in [-0.25, -0.2) is 4.98 Å². The summed E-state index contributed by atoms with van der Waals surface area (Å²) in [5.74, 6) is -1.56. The first-order valence-electron chi connectivity index (χ1n) is 6.10. The molecule has 1 saturated carbocycles. The molecule has 1 aliphatic carbocycles. The SMILES string of the molecule is O=C(N[C@@H]1CCCCC[C@H]1C(=O)O)c1cscn1. The van der Waals surface area contributed by atoms with Crippen LogP contribution in [0.4, 0.5) is 0 Å². The lowest BCUT2D eigenvalue weighted by atomic mass is 9.95. The van der Waals surface area contributed by atoms with Gasteiger partial charge in [0.05, 0.1) is 11.4 Å². The maximum Gasteiger partial charge on any atom is 0.308 e. The molecule has 2 N–H and O–H groups in total. The maximum absolute atomic E-state index is 11.9. The van der Waals surface area contributed by atoms with Gasteiger partial charge in [-0.15, -0.1) is 11.3 Å². The second-order valence-electron chi connectivity index (χ2n) is 4.54. The molecule has 0 spiro atoms. The maximum atomic E-state index is 11.9. The van der Waals surface area contributed by atoms with Crippen LogP contribution in [0.5, 0.6) is 0 Å². The molecule has 6 heteroatoms. The highest BCUT2D eigenvalue weighted by atomic mass is 32.1. The molecule has 1 fully saturated rings. The lowest BCUT2D eigenvalue weighted by Gasteiger charge is -2.22. The van der Waals surface area contributed by atoms with Gasteiger partial charge in [0, 0.05) is 11.4 Å². The Hall–Kier alpha value is -1.43. The average molecular weight is 268 g/mol. The molecule has 1 heterocycles. The van der Waals surface area contributed by atoms with E-state index in [0.29, 0.717) is 12.1 Å². The first kappa shape index (κ1) is 13.0. The largest absolute Gasteiger partial charge is 0.481 e. The Morgan fingerprint density at radius 3 is 2.78 bits per heavy atom. The third kappa shape index (κ3) is 3.07. The van der Waals surface area contributed by atoms with Gasteiger partial charge in [-0.05, 0) is 12.8 Å². The van der Waals surface area contributed by atoms with Gasteiger partial charge in [0.25, 0.3) is 5.91 Å². The standard InChI is InChI=1S/C12H16N2O3S/c15-11(10-6-18-7-13-10)14-9-5-3-1-2-4-8(9)12(16)17/h6-9H,1-5H2,(H,14,15)(H,16,17)/t8-,9-/m1/s1. The second-order valence-corrected chi connectivity index (χ2v) is 5.26. The summed E-state index contributed by atoms with van der Waals surface area (Å²) in [5, 5.41) is 13.7. The second kappa shape index (κ2) is 5.95. The van der Waals surface area contributed by atoms with Crippen LogP contribution in [0.2, 0.25) is 0 Å². The molecule has 1 aromatic rings. The molecule has 0 saturated heterocycles. The van der Waals surface area contributed by atoms with E-state index in [0.717, 1.165) is 25.7 Å². The number of amides is 1. The van der Waals surface area contributed by atoms with E-state index < -0.39 is 11.9 Å². The summed E-state index contributed by atoms with van der Waals surface area (Å²) in [7, 11) is 0. The monoisotopic (exact) mass is 268 g/mol. The van der Waals surface area contributed by atoms with Crippen LogP contribution in [-0.2, 0) is 4.79 Å². The molecular formula is C12H16N2O3S. The summed E-state index contributed by atoms with van der Waals surface area (Å²) in [4.78, 5) is 27.0. The molecule has 2 atom stereocenters. The molecule has 0 aromatic carbocycles. The van der Waals surface area contributed by atoms with Gasteiger partial charge in [-0.1, -0.05) is 19.3 Å². The van der Waals surface area contributed by atoms with Crippen molar-refractivity contribution in [2.75, 3.05) is 0 Å². The first-order chi connectivity index (χ1) is 8.68. The number of nitrogens with zero attached hydrogens (tertiary/aromatic N) is 1. The predicted molar refractivity (Wildman–Crippen MR) is 67.6 cm³/mol. The Balaban J connectivity index is 2.04. The molecule has 1 aromatic heterocycles. The third-order valence-corrected chi connectivity index (χ3v) is 3.90. The summed E-state index contributed by atoms with van der Waals surface area (Å²) in [6, 6.07) is -0.279. The third-order valence-electron chi connectivity index (χ3n) is 3.31. The van der Waals surface area contributed by atoms with Crippen LogP contribution in [0.25, 0.3) is 0 Å². The predicted octanol–water partition coefficient (Wildman–Crippen LogP) is 1.91. The Labute approximate surface area is 109 Å². The number of aliphatic carboxylic acids is 1. The number of carbonyl (C=O) groups is 2. The number of nitrogens with one attached hydrogen (secondary N) is 1. The molecule has 98 valence electrons. The first-order valence-corrected chi connectivity index (χ1v) is 7.04. The summed E-state index contributed by atoms with van der Waals surface area (Å²) in [6.45, 7) is 0. The van der Waals surface area contributed by atoms with Gasteiger partial charge in [0.1, 0.15) is 5.69 Å². The minimum absolute atomic E-state index is 0.269. The molecule has 5 nitrogen and oxygen atoms in total. The van der Waals surface area contributed by atoms with Crippen LogP contribution in [0.3, 0.4) is 0 Å². The van der Waals surface area contributed by atoms with Gasteiger partial charge in [0.15, 0.2) is 0 Å². The molecule has 0 radical (unpaired) electrons.